The van der Waals surface area contributed by atoms with Crippen LogP contribution in [0.15, 0.2) is 53.5 Å². The fraction of sp³-hybridized carbons (Fsp3) is 0.318. The summed E-state index contributed by atoms with van der Waals surface area (Å²) in [4.78, 5) is 32.1. The van der Waals surface area contributed by atoms with Gasteiger partial charge < -0.3 is 10.1 Å². The monoisotopic (exact) mass is 439 g/mol. The predicted octanol–water partition coefficient (Wildman–Crippen LogP) is 2.52. The molecule has 2 aliphatic rings. The minimum Gasteiger partial charge on any atom is -0.494 e. The van der Waals surface area contributed by atoms with Gasteiger partial charge in [0, 0.05) is 12.2 Å². The number of anilines is 2. The summed E-state index contributed by atoms with van der Waals surface area (Å²) in [6, 6.07) is 14.9. The van der Waals surface area contributed by atoms with Crippen LogP contribution >= 0.6 is 11.8 Å². The number of amidine groups is 1. The van der Waals surface area contributed by atoms with Gasteiger partial charge in [-0.15, -0.1) is 0 Å². The average molecular weight is 440 g/mol. The minimum absolute atomic E-state index is 0.0523. The summed E-state index contributed by atoms with van der Waals surface area (Å²) in [5.41, 5.74) is 8.50. The van der Waals surface area contributed by atoms with Gasteiger partial charge in [0.1, 0.15) is 11.9 Å². The zero-order valence-electron chi connectivity index (χ0n) is 17.4. The SMILES string of the molecule is CCOc1ccc(N2C(=O)C3CNNC3N=C2SCC(=O)Nc2ccccc2C)cc1. The highest BCUT2D eigenvalue weighted by Gasteiger charge is 2.42. The van der Waals surface area contributed by atoms with Gasteiger partial charge in [0.05, 0.1) is 24.0 Å². The van der Waals surface area contributed by atoms with Crippen LogP contribution in [0.1, 0.15) is 12.5 Å². The third-order valence-corrected chi connectivity index (χ3v) is 6.04. The lowest BCUT2D eigenvalue weighted by molar-refractivity contribution is -0.121. The van der Waals surface area contributed by atoms with Crippen LogP contribution in [0.4, 0.5) is 11.4 Å². The first-order valence-corrected chi connectivity index (χ1v) is 11.2. The van der Waals surface area contributed by atoms with E-state index in [1.165, 1.54) is 11.8 Å². The maximum Gasteiger partial charge on any atom is 0.241 e. The van der Waals surface area contributed by atoms with Crippen LogP contribution in [0.2, 0.25) is 0 Å². The highest BCUT2D eigenvalue weighted by Crippen LogP contribution is 2.30. The molecule has 3 N–H and O–H groups in total. The number of carbonyl (C=O) groups is 2. The molecular weight excluding hydrogens is 414 g/mol. The van der Waals surface area contributed by atoms with Crippen LogP contribution in [0, 0.1) is 12.8 Å². The van der Waals surface area contributed by atoms with E-state index in [0.29, 0.717) is 24.0 Å². The molecule has 31 heavy (non-hydrogen) atoms. The second kappa shape index (κ2) is 9.51. The molecule has 9 heteroatoms. The van der Waals surface area contributed by atoms with Crippen molar-refractivity contribution >= 4 is 40.1 Å². The average Bonchev–Trinajstić information content (AvgIpc) is 3.24. The number of hydrazine groups is 1. The molecule has 2 aromatic carbocycles. The van der Waals surface area contributed by atoms with Crippen molar-refractivity contribution in [2.75, 3.05) is 29.1 Å². The van der Waals surface area contributed by atoms with E-state index < -0.39 is 0 Å². The van der Waals surface area contributed by atoms with E-state index in [-0.39, 0.29) is 29.7 Å². The fourth-order valence-corrected chi connectivity index (χ4v) is 4.34. The Hall–Kier alpha value is -2.88. The summed E-state index contributed by atoms with van der Waals surface area (Å²) in [5, 5.41) is 3.41. The van der Waals surface area contributed by atoms with Gasteiger partial charge in [-0.05, 0) is 49.7 Å². The number of amides is 2. The zero-order chi connectivity index (χ0) is 21.8. The minimum atomic E-state index is -0.339. The van der Waals surface area contributed by atoms with Crippen LogP contribution in [0.3, 0.4) is 0 Å². The molecular formula is C22H25N5O3S. The molecule has 162 valence electrons. The van der Waals surface area contributed by atoms with Crippen LogP contribution in [0.25, 0.3) is 0 Å². The van der Waals surface area contributed by atoms with Crippen molar-refractivity contribution in [2.24, 2.45) is 10.9 Å². The summed E-state index contributed by atoms with van der Waals surface area (Å²) in [7, 11) is 0. The Morgan fingerprint density at radius 2 is 2.03 bits per heavy atom. The van der Waals surface area contributed by atoms with E-state index in [0.717, 1.165) is 17.0 Å². The fourth-order valence-electron chi connectivity index (χ4n) is 3.49. The molecule has 0 radical (unpaired) electrons. The number of nitrogens with zero attached hydrogens (tertiary/aromatic N) is 2. The van der Waals surface area contributed by atoms with Crippen molar-refractivity contribution in [3.8, 4) is 5.75 Å². The number of rotatable bonds is 6. The Bertz CT molecular complexity index is 995. The number of hydrogen-bond donors (Lipinski definition) is 3. The third-order valence-electron chi connectivity index (χ3n) is 5.09. The quantitative estimate of drug-likeness (QED) is 0.640. The van der Waals surface area contributed by atoms with Gasteiger partial charge in [-0.1, -0.05) is 30.0 Å². The molecule has 2 aliphatic heterocycles. The van der Waals surface area contributed by atoms with Crippen molar-refractivity contribution in [3.63, 3.8) is 0 Å². The predicted molar refractivity (Wildman–Crippen MR) is 123 cm³/mol. The number of para-hydroxylation sites is 1. The number of aliphatic imine (C=N–C) groups is 1. The highest BCUT2D eigenvalue weighted by atomic mass is 32.2. The maximum absolute atomic E-state index is 13.2. The Kier molecular flexibility index (Phi) is 6.55. The molecule has 0 saturated carbocycles. The smallest absolute Gasteiger partial charge is 0.241 e. The third kappa shape index (κ3) is 4.73. The molecule has 1 saturated heterocycles. The molecule has 8 nitrogen and oxygen atoms in total. The number of benzene rings is 2. The first-order valence-electron chi connectivity index (χ1n) is 10.2. The first-order chi connectivity index (χ1) is 15.1. The normalized spacial score (nSPS) is 20.3. The number of carbonyl (C=O) groups excluding carboxylic acids is 2. The van der Waals surface area contributed by atoms with Crippen molar-refractivity contribution in [2.45, 2.75) is 20.0 Å². The Morgan fingerprint density at radius 1 is 1.26 bits per heavy atom. The number of aryl methyl sites for hydroxylation is 1. The van der Waals surface area contributed by atoms with E-state index >= 15 is 0 Å². The number of hydrogen-bond acceptors (Lipinski definition) is 7. The van der Waals surface area contributed by atoms with Crippen LogP contribution < -0.4 is 25.8 Å². The van der Waals surface area contributed by atoms with Crippen LogP contribution in [-0.2, 0) is 9.59 Å². The van der Waals surface area contributed by atoms with E-state index in [4.69, 9.17) is 9.73 Å². The largest absolute Gasteiger partial charge is 0.494 e. The molecule has 0 aromatic heterocycles. The standard InChI is InChI=1S/C22H25N5O3S/c1-3-30-16-10-8-15(9-11-16)27-21(29)17-12-23-26-20(17)25-22(27)31-13-19(28)24-18-7-5-4-6-14(18)2/h4-11,17,20,23,26H,3,12-13H2,1-2H3,(H,24,28). The van der Waals surface area contributed by atoms with Crippen molar-refractivity contribution in [1.29, 1.82) is 0 Å². The molecule has 2 heterocycles. The summed E-state index contributed by atoms with van der Waals surface area (Å²) in [6.07, 6.45) is -0.339. The van der Waals surface area contributed by atoms with Crippen LogP contribution in [-0.4, -0.2) is 42.1 Å². The Labute approximate surface area is 185 Å². The van der Waals surface area contributed by atoms with Gasteiger partial charge in [-0.2, -0.15) is 0 Å². The molecule has 4 rings (SSSR count). The van der Waals surface area contributed by atoms with Gasteiger partial charge in [0.25, 0.3) is 0 Å². The van der Waals surface area contributed by atoms with Crippen LogP contribution in [0.5, 0.6) is 5.75 Å². The van der Waals surface area contributed by atoms with Gasteiger partial charge in [-0.25, -0.2) is 10.4 Å². The molecule has 2 amide bonds. The summed E-state index contributed by atoms with van der Waals surface area (Å²) >= 11 is 1.24. The Balaban J connectivity index is 1.52. The molecule has 2 atom stereocenters. The number of ether oxygens (including phenoxy) is 1. The molecule has 2 aromatic rings. The lowest BCUT2D eigenvalue weighted by Crippen LogP contribution is -2.49. The van der Waals surface area contributed by atoms with Gasteiger partial charge in [0.15, 0.2) is 5.17 Å². The molecule has 2 unspecified atom stereocenters. The Morgan fingerprint density at radius 3 is 2.77 bits per heavy atom. The number of nitrogens with one attached hydrogen (secondary N) is 3. The van der Waals surface area contributed by atoms with E-state index in [1.807, 2.05) is 62.4 Å². The van der Waals surface area contributed by atoms with Crippen molar-refractivity contribution < 1.29 is 14.3 Å². The lowest BCUT2D eigenvalue weighted by Gasteiger charge is -2.32. The van der Waals surface area contributed by atoms with Crippen molar-refractivity contribution in [1.82, 2.24) is 10.9 Å². The van der Waals surface area contributed by atoms with Gasteiger partial charge in [0.2, 0.25) is 11.8 Å². The van der Waals surface area contributed by atoms with E-state index in [9.17, 15) is 9.59 Å². The lowest BCUT2D eigenvalue weighted by atomic mass is 10.0. The van der Waals surface area contributed by atoms with Gasteiger partial charge in [-0.3, -0.25) is 19.9 Å². The second-order valence-electron chi connectivity index (χ2n) is 7.24. The highest BCUT2D eigenvalue weighted by molar-refractivity contribution is 8.14. The number of fused-ring (bicyclic) bond motifs is 1. The molecule has 0 aliphatic carbocycles. The second-order valence-corrected chi connectivity index (χ2v) is 8.18. The zero-order valence-corrected chi connectivity index (χ0v) is 18.2. The van der Waals surface area contributed by atoms with Crippen molar-refractivity contribution in [3.05, 3.63) is 54.1 Å². The topological polar surface area (TPSA) is 95.1 Å². The molecule has 0 bridgehead atoms. The maximum atomic E-state index is 13.2. The first kappa shape index (κ1) is 21.4. The molecule has 0 spiro atoms. The summed E-state index contributed by atoms with van der Waals surface area (Å²) in [5.74, 6) is 0.376. The number of thioether (sulfide) groups is 1. The molecule has 1 fully saturated rings. The van der Waals surface area contributed by atoms with E-state index in [2.05, 4.69) is 16.2 Å². The summed E-state index contributed by atoms with van der Waals surface area (Å²) < 4.78 is 5.50. The van der Waals surface area contributed by atoms with Gasteiger partial charge >= 0.3 is 0 Å². The summed E-state index contributed by atoms with van der Waals surface area (Å²) in [6.45, 7) is 4.94. The van der Waals surface area contributed by atoms with E-state index in [1.54, 1.807) is 4.90 Å².